The normalized spacial score (nSPS) is 16.0. The van der Waals surface area contributed by atoms with E-state index in [4.69, 9.17) is 0 Å². The van der Waals surface area contributed by atoms with Gasteiger partial charge in [-0.15, -0.1) is 11.3 Å². The molecule has 2 aromatic heterocycles. The van der Waals surface area contributed by atoms with Crippen LogP contribution in [0.4, 0.5) is 0 Å². The Bertz CT molecular complexity index is 721. The maximum absolute atomic E-state index is 12.4. The number of pyridine rings is 1. The average Bonchev–Trinajstić information content (AvgIpc) is 3.03. The van der Waals surface area contributed by atoms with Crippen molar-refractivity contribution in [2.24, 2.45) is 0 Å². The molecular formula is C17H18N2O4S. The van der Waals surface area contributed by atoms with Crippen LogP contribution in [0.25, 0.3) is 0 Å². The molecule has 2 atom stereocenters. The quantitative estimate of drug-likeness (QED) is 0.768. The Morgan fingerprint density at radius 2 is 1.92 bits per heavy atom. The molecule has 2 unspecified atom stereocenters. The van der Waals surface area contributed by atoms with E-state index in [2.05, 4.69) is 10.3 Å². The molecule has 0 aliphatic heterocycles. The first-order chi connectivity index (χ1) is 11.6. The summed E-state index contributed by atoms with van der Waals surface area (Å²) in [5.74, 6) is -1.75. The molecule has 0 saturated heterocycles. The highest BCUT2D eigenvalue weighted by molar-refractivity contribution is 7.14. The third-order valence-corrected chi connectivity index (χ3v) is 5.37. The summed E-state index contributed by atoms with van der Waals surface area (Å²) in [4.78, 5) is 29.4. The number of nitrogens with zero attached hydrogens (tertiary/aromatic N) is 1. The molecule has 0 saturated carbocycles. The third kappa shape index (κ3) is 3.47. The standard InChI is InChI=1S/C17H18N2O4S/c20-15(10-5-7-18-8-6-10)14(17(22)23)19-16(21)13-9-11-3-1-2-4-12(11)24-13/h5-9,14-15,20H,1-4H2,(H,19,21)(H,22,23). The van der Waals surface area contributed by atoms with Crippen LogP contribution in [0.3, 0.4) is 0 Å². The Hall–Kier alpha value is -2.25. The number of carbonyl (C=O) groups is 2. The van der Waals surface area contributed by atoms with Crippen LogP contribution < -0.4 is 5.32 Å². The lowest BCUT2D eigenvalue weighted by Crippen LogP contribution is -2.44. The molecule has 0 aromatic carbocycles. The van der Waals surface area contributed by atoms with E-state index in [9.17, 15) is 19.8 Å². The summed E-state index contributed by atoms with van der Waals surface area (Å²) in [6.45, 7) is 0. The highest BCUT2D eigenvalue weighted by Gasteiger charge is 2.30. The number of nitrogens with one attached hydrogen (secondary N) is 1. The van der Waals surface area contributed by atoms with Crippen molar-refractivity contribution in [2.45, 2.75) is 37.8 Å². The maximum Gasteiger partial charge on any atom is 0.329 e. The molecule has 0 fully saturated rings. The fourth-order valence-corrected chi connectivity index (χ4v) is 4.00. The second kappa shape index (κ2) is 7.11. The molecule has 24 heavy (non-hydrogen) atoms. The second-order valence-electron chi connectivity index (χ2n) is 5.78. The minimum Gasteiger partial charge on any atom is -0.480 e. The molecule has 0 spiro atoms. The zero-order valence-electron chi connectivity index (χ0n) is 12.9. The van der Waals surface area contributed by atoms with Crippen LogP contribution in [0.5, 0.6) is 0 Å². The molecular weight excluding hydrogens is 328 g/mol. The predicted molar refractivity (Wildman–Crippen MR) is 89.0 cm³/mol. The Morgan fingerprint density at radius 1 is 1.21 bits per heavy atom. The lowest BCUT2D eigenvalue weighted by molar-refractivity contribution is -0.142. The van der Waals surface area contributed by atoms with E-state index in [1.807, 2.05) is 6.07 Å². The number of aliphatic hydroxyl groups is 1. The molecule has 1 amide bonds. The van der Waals surface area contributed by atoms with Crippen LogP contribution >= 0.6 is 11.3 Å². The van der Waals surface area contributed by atoms with Crippen LogP contribution in [0.2, 0.25) is 0 Å². The van der Waals surface area contributed by atoms with Gasteiger partial charge in [-0.1, -0.05) is 0 Å². The highest BCUT2D eigenvalue weighted by Crippen LogP contribution is 2.30. The lowest BCUT2D eigenvalue weighted by Gasteiger charge is -2.20. The van der Waals surface area contributed by atoms with Crippen molar-refractivity contribution in [1.29, 1.82) is 0 Å². The van der Waals surface area contributed by atoms with Gasteiger partial charge in [-0.3, -0.25) is 9.78 Å². The van der Waals surface area contributed by atoms with E-state index in [0.717, 1.165) is 25.7 Å². The fourth-order valence-electron chi connectivity index (χ4n) is 2.84. The largest absolute Gasteiger partial charge is 0.480 e. The summed E-state index contributed by atoms with van der Waals surface area (Å²) in [5, 5.41) is 22.1. The van der Waals surface area contributed by atoms with Crippen LogP contribution in [0.1, 0.15) is 44.6 Å². The first-order valence-electron chi connectivity index (χ1n) is 7.79. The number of aliphatic hydroxyl groups excluding tert-OH is 1. The monoisotopic (exact) mass is 346 g/mol. The Kier molecular flexibility index (Phi) is 4.92. The SMILES string of the molecule is O=C(NC(C(=O)O)C(O)c1ccncc1)c1cc2c(s1)CCCC2. The van der Waals surface area contributed by atoms with Crippen molar-refractivity contribution in [3.05, 3.63) is 51.5 Å². The number of thiophene rings is 1. The molecule has 1 aliphatic carbocycles. The van der Waals surface area contributed by atoms with Crippen molar-refractivity contribution in [3.63, 3.8) is 0 Å². The Labute approximate surface area is 143 Å². The number of aryl methyl sites for hydroxylation is 2. The minimum atomic E-state index is -1.42. The number of amides is 1. The number of rotatable bonds is 5. The molecule has 0 radical (unpaired) electrons. The van der Waals surface area contributed by atoms with Gasteiger partial charge in [-0.05, 0) is 55.0 Å². The van der Waals surface area contributed by atoms with E-state index in [1.54, 1.807) is 0 Å². The predicted octanol–water partition coefficient (Wildman–Crippen LogP) is 1.94. The van der Waals surface area contributed by atoms with Crippen LogP contribution in [0.15, 0.2) is 30.6 Å². The highest BCUT2D eigenvalue weighted by atomic mass is 32.1. The van der Waals surface area contributed by atoms with Gasteiger partial charge in [0.1, 0.15) is 6.10 Å². The first-order valence-corrected chi connectivity index (χ1v) is 8.61. The van der Waals surface area contributed by atoms with E-state index >= 15 is 0 Å². The summed E-state index contributed by atoms with van der Waals surface area (Å²) in [5.41, 5.74) is 1.57. The number of carboxylic acid groups (broad SMARTS) is 1. The summed E-state index contributed by atoms with van der Waals surface area (Å²) in [7, 11) is 0. The fraction of sp³-hybridized carbons (Fsp3) is 0.353. The average molecular weight is 346 g/mol. The molecule has 126 valence electrons. The molecule has 0 bridgehead atoms. The van der Waals surface area contributed by atoms with E-state index in [0.29, 0.717) is 10.4 Å². The number of aromatic nitrogens is 1. The number of carbonyl (C=O) groups excluding carboxylic acids is 1. The van der Waals surface area contributed by atoms with Gasteiger partial charge in [-0.2, -0.15) is 0 Å². The Morgan fingerprint density at radius 3 is 2.58 bits per heavy atom. The zero-order valence-corrected chi connectivity index (χ0v) is 13.8. The topological polar surface area (TPSA) is 99.5 Å². The van der Waals surface area contributed by atoms with Crippen molar-refractivity contribution >= 4 is 23.2 Å². The van der Waals surface area contributed by atoms with Crippen molar-refractivity contribution in [1.82, 2.24) is 10.3 Å². The van der Waals surface area contributed by atoms with Gasteiger partial charge in [0.05, 0.1) is 4.88 Å². The first kappa shape index (κ1) is 16.6. The van der Waals surface area contributed by atoms with Crippen molar-refractivity contribution in [3.8, 4) is 0 Å². The summed E-state index contributed by atoms with van der Waals surface area (Å²) in [6, 6.07) is 3.47. The van der Waals surface area contributed by atoms with Gasteiger partial charge >= 0.3 is 5.97 Å². The molecule has 1 aliphatic rings. The van der Waals surface area contributed by atoms with Gasteiger partial charge in [0.15, 0.2) is 6.04 Å². The summed E-state index contributed by atoms with van der Waals surface area (Å²) < 4.78 is 0. The van der Waals surface area contributed by atoms with Crippen molar-refractivity contribution in [2.75, 3.05) is 0 Å². The molecule has 3 N–H and O–H groups in total. The molecule has 3 rings (SSSR count). The number of carboxylic acids is 1. The summed E-state index contributed by atoms with van der Waals surface area (Å²) >= 11 is 1.41. The van der Waals surface area contributed by atoms with Gasteiger partial charge in [0.25, 0.3) is 5.91 Å². The van der Waals surface area contributed by atoms with Crippen LogP contribution in [-0.2, 0) is 17.6 Å². The van der Waals surface area contributed by atoms with Crippen LogP contribution in [-0.4, -0.2) is 33.1 Å². The molecule has 7 heteroatoms. The van der Waals surface area contributed by atoms with E-state index in [1.165, 1.54) is 46.3 Å². The third-order valence-electron chi connectivity index (χ3n) is 4.14. The van der Waals surface area contributed by atoms with Gasteiger partial charge in [0, 0.05) is 17.3 Å². The number of hydrogen-bond acceptors (Lipinski definition) is 5. The molecule has 6 nitrogen and oxygen atoms in total. The smallest absolute Gasteiger partial charge is 0.329 e. The maximum atomic E-state index is 12.4. The lowest BCUT2D eigenvalue weighted by atomic mass is 9.99. The van der Waals surface area contributed by atoms with Crippen molar-refractivity contribution < 1.29 is 19.8 Å². The number of fused-ring (bicyclic) bond motifs is 1. The van der Waals surface area contributed by atoms with E-state index in [-0.39, 0.29) is 0 Å². The number of aliphatic carboxylic acids is 1. The zero-order chi connectivity index (χ0) is 17.1. The van der Waals surface area contributed by atoms with Gasteiger partial charge < -0.3 is 15.5 Å². The van der Waals surface area contributed by atoms with Gasteiger partial charge in [0.2, 0.25) is 0 Å². The van der Waals surface area contributed by atoms with Gasteiger partial charge in [-0.25, -0.2) is 4.79 Å². The molecule has 2 aromatic rings. The number of hydrogen-bond donors (Lipinski definition) is 3. The second-order valence-corrected chi connectivity index (χ2v) is 6.92. The van der Waals surface area contributed by atoms with E-state index < -0.39 is 24.0 Å². The Balaban J connectivity index is 1.77. The molecule has 2 heterocycles. The van der Waals surface area contributed by atoms with Crippen LogP contribution in [0, 0.1) is 0 Å². The summed E-state index contributed by atoms with van der Waals surface area (Å²) in [6.07, 6.45) is 5.75. The minimum absolute atomic E-state index is 0.392.